The number of aryl methyl sites for hydroxylation is 2. The van der Waals surface area contributed by atoms with E-state index in [4.69, 9.17) is 4.52 Å². The number of likely N-dealkylation sites (tertiary alicyclic amines) is 1. The Kier molecular flexibility index (Phi) is 6.66. The minimum Gasteiger partial charge on any atom is -0.361 e. The van der Waals surface area contributed by atoms with Gasteiger partial charge >= 0.3 is 6.03 Å². The lowest BCUT2D eigenvalue weighted by Gasteiger charge is -2.35. The van der Waals surface area contributed by atoms with Gasteiger partial charge < -0.3 is 15.2 Å². The maximum absolute atomic E-state index is 12.0. The molecular formula is C18H32N4O2. The van der Waals surface area contributed by atoms with Crippen LogP contribution in [0.1, 0.15) is 56.5 Å². The van der Waals surface area contributed by atoms with Gasteiger partial charge in [-0.3, -0.25) is 4.90 Å². The van der Waals surface area contributed by atoms with E-state index in [0.29, 0.717) is 19.1 Å². The molecule has 0 aliphatic carbocycles. The molecule has 1 aromatic rings. The maximum atomic E-state index is 12.0. The van der Waals surface area contributed by atoms with Gasteiger partial charge in [-0.05, 0) is 52.6 Å². The van der Waals surface area contributed by atoms with Crippen LogP contribution in [0.2, 0.25) is 0 Å². The molecule has 1 aliphatic heterocycles. The van der Waals surface area contributed by atoms with Crippen molar-refractivity contribution < 1.29 is 9.32 Å². The van der Waals surface area contributed by atoms with Crippen molar-refractivity contribution in [3.63, 3.8) is 0 Å². The lowest BCUT2D eigenvalue weighted by atomic mass is 9.98. The first-order valence-corrected chi connectivity index (χ1v) is 9.07. The Labute approximate surface area is 145 Å². The number of piperidine rings is 1. The number of hydrogen-bond donors (Lipinski definition) is 2. The van der Waals surface area contributed by atoms with Gasteiger partial charge in [0.25, 0.3) is 0 Å². The Morgan fingerprint density at radius 2 is 1.88 bits per heavy atom. The summed E-state index contributed by atoms with van der Waals surface area (Å²) in [5, 5.41) is 9.91. The lowest BCUT2D eigenvalue weighted by Crippen LogP contribution is -2.47. The van der Waals surface area contributed by atoms with Crippen molar-refractivity contribution in [3.8, 4) is 0 Å². The summed E-state index contributed by atoms with van der Waals surface area (Å²) < 4.78 is 5.19. The highest BCUT2D eigenvalue weighted by atomic mass is 16.5. The van der Waals surface area contributed by atoms with E-state index in [1.165, 1.54) is 12.8 Å². The van der Waals surface area contributed by atoms with Gasteiger partial charge in [0.05, 0.1) is 5.69 Å². The Balaban J connectivity index is 1.70. The molecule has 136 valence electrons. The minimum atomic E-state index is -0.106. The molecule has 2 heterocycles. The second kappa shape index (κ2) is 8.51. The average Bonchev–Trinajstić information content (AvgIpc) is 2.89. The van der Waals surface area contributed by atoms with Crippen molar-refractivity contribution in [2.75, 3.05) is 26.2 Å². The molecule has 2 atom stereocenters. The van der Waals surface area contributed by atoms with Gasteiger partial charge in [0.1, 0.15) is 5.76 Å². The number of aromatic nitrogens is 1. The fourth-order valence-corrected chi connectivity index (χ4v) is 3.44. The fraction of sp³-hybridized carbons (Fsp3) is 0.778. The third-order valence-corrected chi connectivity index (χ3v) is 5.15. The Morgan fingerprint density at radius 3 is 2.46 bits per heavy atom. The molecule has 0 saturated carbocycles. The van der Waals surface area contributed by atoms with E-state index in [1.807, 2.05) is 13.8 Å². The smallest absolute Gasteiger partial charge is 0.314 e. The summed E-state index contributed by atoms with van der Waals surface area (Å²) in [4.78, 5) is 14.5. The molecular weight excluding hydrogens is 304 g/mol. The van der Waals surface area contributed by atoms with Crippen LogP contribution in [0, 0.1) is 19.8 Å². The van der Waals surface area contributed by atoms with Crippen LogP contribution >= 0.6 is 0 Å². The molecule has 6 heteroatoms. The van der Waals surface area contributed by atoms with Crippen LogP contribution in [0.25, 0.3) is 0 Å². The predicted octanol–water partition coefficient (Wildman–Crippen LogP) is 2.81. The zero-order valence-electron chi connectivity index (χ0n) is 15.7. The summed E-state index contributed by atoms with van der Waals surface area (Å²) in [7, 11) is 0. The molecule has 1 aliphatic rings. The molecule has 2 N–H and O–H groups in total. The van der Waals surface area contributed by atoms with E-state index in [2.05, 4.69) is 41.5 Å². The second-order valence-corrected chi connectivity index (χ2v) is 7.30. The van der Waals surface area contributed by atoms with Crippen molar-refractivity contribution >= 4 is 6.03 Å². The van der Waals surface area contributed by atoms with Crippen molar-refractivity contribution in [2.45, 2.75) is 59.4 Å². The number of nitrogens with zero attached hydrogens (tertiary/aromatic N) is 2. The Morgan fingerprint density at radius 1 is 1.25 bits per heavy atom. The Bertz CT molecular complexity index is 516. The number of nitrogens with one attached hydrogen (secondary N) is 2. The fourth-order valence-electron chi connectivity index (χ4n) is 3.44. The van der Waals surface area contributed by atoms with E-state index in [0.717, 1.165) is 36.0 Å². The molecule has 6 nitrogen and oxygen atoms in total. The zero-order valence-corrected chi connectivity index (χ0v) is 15.7. The van der Waals surface area contributed by atoms with Crippen molar-refractivity contribution in [1.82, 2.24) is 20.7 Å². The SMILES string of the molecule is Cc1noc(C)c1C(C)CNC(=O)NCC(C)N1CCC(C)CC1. The summed E-state index contributed by atoms with van der Waals surface area (Å²) >= 11 is 0. The zero-order chi connectivity index (χ0) is 17.7. The normalized spacial score (nSPS) is 19.0. The summed E-state index contributed by atoms with van der Waals surface area (Å²) in [6, 6.07) is 0.272. The molecule has 0 aromatic carbocycles. The highest BCUT2D eigenvalue weighted by molar-refractivity contribution is 5.73. The highest BCUT2D eigenvalue weighted by Crippen LogP contribution is 2.22. The van der Waals surface area contributed by atoms with Crippen LogP contribution in [-0.4, -0.2) is 48.3 Å². The second-order valence-electron chi connectivity index (χ2n) is 7.30. The van der Waals surface area contributed by atoms with Gasteiger partial charge in [-0.25, -0.2) is 4.79 Å². The topological polar surface area (TPSA) is 70.4 Å². The summed E-state index contributed by atoms with van der Waals surface area (Å²) in [6.07, 6.45) is 2.51. The molecule has 2 rings (SSSR count). The summed E-state index contributed by atoms with van der Waals surface area (Å²) in [5.74, 6) is 1.84. The number of amides is 2. The van der Waals surface area contributed by atoms with Crippen molar-refractivity contribution in [2.24, 2.45) is 5.92 Å². The van der Waals surface area contributed by atoms with Crippen LogP contribution in [0.5, 0.6) is 0 Å². The van der Waals surface area contributed by atoms with Crippen LogP contribution in [0.3, 0.4) is 0 Å². The van der Waals surface area contributed by atoms with Crippen molar-refractivity contribution in [3.05, 3.63) is 17.0 Å². The third kappa shape index (κ3) is 4.97. The maximum Gasteiger partial charge on any atom is 0.314 e. The van der Waals surface area contributed by atoms with Gasteiger partial charge in [0.2, 0.25) is 0 Å². The van der Waals surface area contributed by atoms with Gasteiger partial charge in [-0.2, -0.15) is 0 Å². The molecule has 0 radical (unpaired) electrons. The molecule has 1 aromatic heterocycles. The molecule has 1 saturated heterocycles. The first-order chi connectivity index (χ1) is 11.4. The minimum absolute atomic E-state index is 0.106. The monoisotopic (exact) mass is 336 g/mol. The molecule has 1 fully saturated rings. The highest BCUT2D eigenvalue weighted by Gasteiger charge is 2.21. The standard InChI is InChI=1S/C18H32N4O2/c1-12-6-8-22(9-7-12)14(3)11-20-18(23)19-10-13(2)17-15(4)21-24-16(17)5/h12-14H,6-11H2,1-5H3,(H2,19,20,23). The first kappa shape index (κ1) is 18.8. The number of rotatable bonds is 6. The van der Waals surface area contributed by atoms with E-state index in [1.54, 1.807) is 0 Å². The van der Waals surface area contributed by atoms with Crippen LogP contribution in [-0.2, 0) is 0 Å². The van der Waals surface area contributed by atoms with Crippen LogP contribution in [0.4, 0.5) is 4.79 Å². The quantitative estimate of drug-likeness (QED) is 0.838. The van der Waals surface area contributed by atoms with Gasteiger partial charge in [-0.1, -0.05) is 19.0 Å². The van der Waals surface area contributed by atoms with E-state index in [-0.39, 0.29) is 11.9 Å². The van der Waals surface area contributed by atoms with Crippen molar-refractivity contribution in [1.29, 1.82) is 0 Å². The van der Waals surface area contributed by atoms with E-state index >= 15 is 0 Å². The average molecular weight is 336 g/mol. The predicted molar refractivity (Wildman–Crippen MR) is 95.2 cm³/mol. The van der Waals surface area contributed by atoms with Gasteiger partial charge in [0.15, 0.2) is 0 Å². The lowest BCUT2D eigenvalue weighted by molar-refractivity contribution is 0.145. The summed E-state index contributed by atoms with van der Waals surface area (Å²) in [5.41, 5.74) is 1.99. The first-order valence-electron chi connectivity index (χ1n) is 9.07. The molecule has 24 heavy (non-hydrogen) atoms. The number of urea groups is 1. The summed E-state index contributed by atoms with van der Waals surface area (Å²) in [6.45, 7) is 13.9. The van der Waals surface area contributed by atoms with E-state index < -0.39 is 0 Å². The van der Waals surface area contributed by atoms with Crippen LogP contribution in [0.15, 0.2) is 4.52 Å². The van der Waals surface area contributed by atoms with Gasteiger partial charge in [-0.15, -0.1) is 0 Å². The third-order valence-electron chi connectivity index (χ3n) is 5.15. The number of carbonyl (C=O) groups excluding carboxylic acids is 1. The van der Waals surface area contributed by atoms with Gasteiger partial charge in [0, 0.05) is 30.6 Å². The number of carbonyl (C=O) groups is 1. The largest absolute Gasteiger partial charge is 0.361 e. The molecule has 0 spiro atoms. The van der Waals surface area contributed by atoms with Crippen LogP contribution < -0.4 is 10.6 Å². The van der Waals surface area contributed by atoms with E-state index in [9.17, 15) is 4.79 Å². The number of hydrogen-bond acceptors (Lipinski definition) is 4. The molecule has 0 bridgehead atoms. The Hall–Kier alpha value is -1.56. The molecule has 2 unspecified atom stereocenters. The molecule has 2 amide bonds.